The highest BCUT2D eigenvalue weighted by Crippen LogP contribution is 2.55. The van der Waals surface area contributed by atoms with Crippen LogP contribution < -0.4 is 4.74 Å². The van der Waals surface area contributed by atoms with Crippen molar-refractivity contribution in [1.29, 1.82) is 0 Å². The van der Waals surface area contributed by atoms with Crippen LogP contribution in [-0.4, -0.2) is 16.7 Å². The monoisotopic (exact) mass is 381 g/mol. The fourth-order valence-electron chi connectivity index (χ4n) is 2.46. The summed E-state index contributed by atoms with van der Waals surface area (Å²) in [6.45, 7) is 0. The lowest BCUT2D eigenvalue weighted by atomic mass is 10.0. The van der Waals surface area contributed by atoms with Crippen molar-refractivity contribution < 1.29 is 35.9 Å². The minimum Gasteiger partial charge on any atom is -0.455 e. The van der Waals surface area contributed by atoms with Crippen molar-refractivity contribution >= 4 is 17.4 Å². The van der Waals surface area contributed by atoms with Crippen molar-refractivity contribution in [3.05, 3.63) is 52.3 Å². The molecule has 0 aliphatic heterocycles. The minimum atomic E-state index is -5.12. The number of hydrogen-bond donors (Lipinski definition) is 0. The second kappa shape index (κ2) is 5.62. The average molecular weight is 382 g/mol. The van der Waals surface area contributed by atoms with Gasteiger partial charge >= 0.3 is 11.8 Å². The van der Waals surface area contributed by atoms with Crippen LogP contribution >= 0.6 is 11.6 Å². The van der Waals surface area contributed by atoms with Crippen molar-refractivity contribution in [2.75, 3.05) is 0 Å². The van der Waals surface area contributed by atoms with Gasteiger partial charge in [0.15, 0.2) is 0 Å². The van der Waals surface area contributed by atoms with E-state index in [2.05, 4.69) is 4.98 Å². The molecular weight excluding hydrogens is 376 g/mol. The molecule has 10 heteroatoms. The Balaban J connectivity index is 2.19. The maximum Gasteiger partial charge on any atom is 0.376 e. The van der Waals surface area contributed by atoms with E-state index >= 15 is 0 Å². The Morgan fingerprint density at radius 2 is 1.76 bits per heavy atom. The number of fused-ring (bicyclic) bond motifs is 1. The number of Topliss-reactive ketones (excluding diaryl/α,β-unsaturated/α-hetero) is 1. The molecule has 3 nitrogen and oxygen atoms in total. The van der Waals surface area contributed by atoms with Crippen molar-refractivity contribution in [2.45, 2.75) is 18.3 Å². The van der Waals surface area contributed by atoms with Gasteiger partial charge in [0.25, 0.3) is 6.43 Å². The first-order chi connectivity index (χ1) is 11.6. The van der Waals surface area contributed by atoms with Gasteiger partial charge in [-0.05, 0) is 12.1 Å². The van der Waals surface area contributed by atoms with E-state index < -0.39 is 46.5 Å². The van der Waals surface area contributed by atoms with Gasteiger partial charge in [0.1, 0.15) is 11.5 Å². The summed E-state index contributed by atoms with van der Waals surface area (Å²) in [4.78, 5) is 15.3. The lowest BCUT2D eigenvalue weighted by Crippen LogP contribution is -2.38. The highest BCUT2D eigenvalue weighted by molar-refractivity contribution is 6.30. The first-order valence-electron chi connectivity index (χ1n) is 6.61. The van der Waals surface area contributed by atoms with Gasteiger partial charge in [-0.2, -0.15) is 17.6 Å². The van der Waals surface area contributed by atoms with E-state index in [-0.39, 0.29) is 10.8 Å². The van der Waals surface area contributed by atoms with Crippen LogP contribution in [0.3, 0.4) is 0 Å². The zero-order chi connectivity index (χ0) is 18.6. The fourth-order valence-corrected chi connectivity index (χ4v) is 2.62. The second-order valence-corrected chi connectivity index (χ2v) is 5.56. The molecule has 0 atom stereocenters. The molecular formula is C15H6ClF6NO2. The molecule has 132 valence electrons. The number of ketones is 1. The lowest BCUT2D eigenvalue weighted by molar-refractivity contribution is -0.176. The first kappa shape index (κ1) is 17.5. The Labute approximate surface area is 141 Å². The third kappa shape index (κ3) is 2.53. The topological polar surface area (TPSA) is 39.2 Å². The highest BCUT2D eigenvalue weighted by atomic mass is 35.5. The van der Waals surface area contributed by atoms with E-state index in [1.807, 2.05) is 0 Å². The number of halogens is 7. The smallest absolute Gasteiger partial charge is 0.376 e. The summed E-state index contributed by atoms with van der Waals surface area (Å²) in [5.74, 6) is -13.2. The number of pyridine rings is 1. The molecule has 1 aromatic carbocycles. The van der Waals surface area contributed by atoms with Crippen molar-refractivity contribution in [3.63, 3.8) is 0 Å². The van der Waals surface area contributed by atoms with Crippen molar-refractivity contribution in [1.82, 2.24) is 4.98 Å². The summed E-state index contributed by atoms with van der Waals surface area (Å²) in [7, 11) is 0. The number of ether oxygens (including phenoxy) is 1. The fraction of sp³-hybridized carbons (Fsp3) is 0.200. The molecule has 0 saturated heterocycles. The summed E-state index contributed by atoms with van der Waals surface area (Å²) >= 11 is 5.66. The molecule has 1 aliphatic carbocycles. The Kier molecular flexibility index (Phi) is 3.94. The van der Waals surface area contributed by atoms with E-state index in [1.54, 1.807) is 0 Å². The third-order valence-corrected chi connectivity index (χ3v) is 3.78. The largest absolute Gasteiger partial charge is 0.455 e. The number of carbonyl (C=O) groups is 1. The van der Waals surface area contributed by atoms with Gasteiger partial charge in [0, 0.05) is 23.4 Å². The molecule has 1 heterocycles. The summed E-state index contributed by atoms with van der Waals surface area (Å²) in [6, 6.07) is 2.32. The van der Waals surface area contributed by atoms with Gasteiger partial charge < -0.3 is 4.74 Å². The number of rotatable bonds is 3. The van der Waals surface area contributed by atoms with E-state index in [1.165, 1.54) is 12.3 Å². The van der Waals surface area contributed by atoms with E-state index in [0.717, 1.165) is 6.20 Å². The predicted octanol–water partition coefficient (Wildman–Crippen LogP) is 5.39. The second-order valence-electron chi connectivity index (χ2n) is 5.12. The standard InChI is InChI=1S/C15H6ClF6NO2/c16-6-3-7(5-23-4-6)25-9-2-1-8-10(11(9)13(17)18)12(24)15(21,22)14(8,19)20/h1-5,13H. The van der Waals surface area contributed by atoms with Gasteiger partial charge in [-0.25, -0.2) is 8.78 Å². The molecule has 2 aromatic rings. The summed E-state index contributed by atoms with van der Waals surface area (Å²) in [5.41, 5.74) is -4.23. The summed E-state index contributed by atoms with van der Waals surface area (Å²) in [6.07, 6.45) is -1.21. The van der Waals surface area contributed by atoms with Gasteiger partial charge in [0.2, 0.25) is 5.78 Å². The minimum absolute atomic E-state index is 0.0893. The predicted molar refractivity (Wildman–Crippen MR) is 73.9 cm³/mol. The first-order valence-corrected chi connectivity index (χ1v) is 6.99. The number of nitrogens with zero attached hydrogens (tertiary/aromatic N) is 1. The Bertz CT molecular complexity index is 871. The highest BCUT2D eigenvalue weighted by Gasteiger charge is 2.70. The normalized spacial score (nSPS) is 17.7. The summed E-state index contributed by atoms with van der Waals surface area (Å²) < 4.78 is 86.4. The third-order valence-electron chi connectivity index (χ3n) is 3.58. The Morgan fingerprint density at radius 1 is 1.08 bits per heavy atom. The van der Waals surface area contributed by atoms with Gasteiger partial charge in [-0.1, -0.05) is 11.6 Å². The molecule has 0 unspecified atom stereocenters. The molecule has 0 N–H and O–H groups in total. The van der Waals surface area contributed by atoms with E-state index in [9.17, 15) is 31.1 Å². The molecule has 0 spiro atoms. The van der Waals surface area contributed by atoms with Crippen LogP contribution in [0.25, 0.3) is 0 Å². The molecule has 0 bridgehead atoms. The van der Waals surface area contributed by atoms with Gasteiger partial charge in [-0.3, -0.25) is 9.78 Å². The van der Waals surface area contributed by atoms with E-state index in [0.29, 0.717) is 12.1 Å². The maximum atomic E-state index is 13.7. The number of hydrogen-bond acceptors (Lipinski definition) is 3. The number of aromatic nitrogens is 1. The van der Waals surface area contributed by atoms with Crippen LogP contribution in [-0.2, 0) is 5.92 Å². The molecule has 0 fully saturated rings. The maximum absolute atomic E-state index is 13.7. The van der Waals surface area contributed by atoms with Crippen LogP contribution in [0.1, 0.15) is 27.9 Å². The molecule has 1 aliphatic rings. The van der Waals surface area contributed by atoms with Crippen LogP contribution in [0.15, 0.2) is 30.6 Å². The number of alkyl halides is 6. The molecule has 3 rings (SSSR count). The zero-order valence-corrected chi connectivity index (χ0v) is 12.6. The summed E-state index contributed by atoms with van der Waals surface area (Å²) in [5, 5.41) is 0.0893. The quantitative estimate of drug-likeness (QED) is 0.669. The lowest BCUT2D eigenvalue weighted by Gasteiger charge is -2.17. The van der Waals surface area contributed by atoms with Crippen LogP contribution in [0.5, 0.6) is 11.5 Å². The Morgan fingerprint density at radius 3 is 2.36 bits per heavy atom. The van der Waals surface area contributed by atoms with Crippen molar-refractivity contribution in [2.24, 2.45) is 0 Å². The number of benzene rings is 1. The van der Waals surface area contributed by atoms with E-state index in [4.69, 9.17) is 16.3 Å². The van der Waals surface area contributed by atoms with Gasteiger partial charge in [0.05, 0.1) is 16.8 Å². The van der Waals surface area contributed by atoms with Crippen molar-refractivity contribution in [3.8, 4) is 11.5 Å². The molecule has 1 aromatic heterocycles. The van der Waals surface area contributed by atoms with Crippen LogP contribution in [0, 0.1) is 0 Å². The average Bonchev–Trinajstić information content (AvgIpc) is 2.65. The Hall–Kier alpha value is -2.29. The van der Waals surface area contributed by atoms with Crippen LogP contribution in [0.2, 0.25) is 5.02 Å². The van der Waals surface area contributed by atoms with Gasteiger partial charge in [-0.15, -0.1) is 0 Å². The molecule has 25 heavy (non-hydrogen) atoms. The SMILES string of the molecule is O=C1c2c(ccc(Oc3cncc(Cl)c3)c2C(F)F)C(F)(F)C1(F)F. The van der Waals surface area contributed by atoms with Crippen LogP contribution in [0.4, 0.5) is 26.3 Å². The molecule has 0 radical (unpaired) electrons. The molecule has 0 amide bonds. The zero-order valence-electron chi connectivity index (χ0n) is 11.9. The number of carbonyl (C=O) groups excluding carboxylic acids is 1. The molecule has 0 saturated carbocycles.